The second-order valence-electron chi connectivity index (χ2n) is 5.22. The third-order valence-electron chi connectivity index (χ3n) is 3.84. The minimum absolute atomic E-state index is 0.419. The van der Waals surface area contributed by atoms with Gasteiger partial charge in [-0.3, -0.25) is 4.90 Å². The molecule has 1 heterocycles. The first-order chi connectivity index (χ1) is 8.20. The highest BCUT2D eigenvalue weighted by atomic mass is 16.5. The Morgan fingerprint density at radius 1 is 1.18 bits per heavy atom. The average molecular weight is 233 g/mol. The fourth-order valence-corrected chi connectivity index (χ4v) is 2.45. The van der Waals surface area contributed by atoms with E-state index in [0.29, 0.717) is 18.0 Å². The van der Waals surface area contributed by atoms with Crippen LogP contribution in [0.25, 0.3) is 0 Å². The predicted octanol–water partition coefficient (Wildman–Crippen LogP) is 3.10. The molecule has 1 aliphatic heterocycles. The van der Waals surface area contributed by atoms with Gasteiger partial charge in [0.1, 0.15) is 0 Å². The van der Waals surface area contributed by atoms with Gasteiger partial charge in [0.15, 0.2) is 0 Å². The van der Waals surface area contributed by atoms with Crippen molar-refractivity contribution in [2.45, 2.75) is 32.9 Å². The van der Waals surface area contributed by atoms with Gasteiger partial charge in [0.25, 0.3) is 0 Å². The van der Waals surface area contributed by atoms with Crippen LogP contribution in [0.1, 0.15) is 32.4 Å². The monoisotopic (exact) mass is 233 g/mol. The van der Waals surface area contributed by atoms with Crippen molar-refractivity contribution in [3.05, 3.63) is 35.9 Å². The summed E-state index contributed by atoms with van der Waals surface area (Å²) in [7, 11) is 0. The lowest BCUT2D eigenvalue weighted by atomic mass is 9.98. The first-order valence-electron chi connectivity index (χ1n) is 6.58. The van der Waals surface area contributed by atoms with Crippen LogP contribution in [-0.2, 0) is 4.74 Å². The van der Waals surface area contributed by atoms with E-state index in [2.05, 4.69) is 56.0 Å². The van der Waals surface area contributed by atoms with Gasteiger partial charge in [-0.1, -0.05) is 44.2 Å². The summed E-state index contributed by atoms with van der Waals surface area (Å²) in [6, 6.07) is 11.7. The average Bonchev–Trinajstić information content (AvgIpc) is 2.39. The molecule has 0 saturated carbocycles. The zero-order valence-corrected chi connectivity index (χ0v) is 11.1. The molecule has 0 N–H and O–H groups in total. The molecule has 1 unspecified atom stereocenters. The van der Waals surface area contributed by atoms with Crippen LogP contribution in [0.4, 0.5) is 0 Å². The molecule has 1 aromatic carbocycles. The molecule has 2 rings (SSSR count). The molecule has 0 amide bonds. The number of hydrogen-bond donors (Lipinski definition) is 0. The normalized spacial score (nSPS) is 23.9. The van der Waals surface area contributed by atoms with Gasteiger partial charge < -0.3 is 4.74 Å². The molecular weight excluding hydrogens is 210 g/mol. The Morgan fingerprint density at radius 3 is 2.53 bits per heavy atom. The van der Waals surface area contributed by atoms with E-state index in [1.807, 2.05) is 0 Å². The molecule has 17 heavy (non-hydrogen) atoms. The maximum Gasteiger partial charge on any atom is 0.0664 e. The molecule has 0 aliphatic carbocycles. The van der Waals surface area contributed by atoms with Crippen molar-refractivity contribution >= 4 is 0 Å². The molecule has 94 valence electrons. The number of nitrogens with zero attached hydrogens (tertiary/aromatic N) is 1. The van der Waals surface area contributed by atoms with Gasteiger partial charge in [0.2, 0.25) is 0 Å². The minimum Gasteiger partial charge on any atom is -0.378 e. The van der Waals surface area contributed by atoms with Crippen LogP contribution in [-0.4, -0.2) is 30.7 Å². The number of hydrogen-bond acceptors (Lipinski definition) is 2. The second kappa shape index (κ2) is 5.65. The molecule has 0 spiro atoms. The Hall–Kier alpha value is -0.860. The summed E-state index contributed by atoms with van der Waals surface area (Å²) in [6.07, 6.45) is 0. The van der Waals surface area contributed by atoms with E-state index in [0.717, 1.165) is 19.8 Å². The largest absolute Gasteiger partial charge is 0.378 e. The fourth-order valence-electron chi connectivity index (χ4n) is 2.45. The van der Waals surface area contributed by atoms with E-state index in [9.17, 15) is 0 Å². The lowest BCUT2D eigenvalue weighted by Gasteiger charge is -2.41. The van der Waals surface area contributed by atoms with Crippen LogP contribution in [0.3, 0.4) is 0 Å². The van der Waals surface area contributed by atoms with Gasteiger partial charge in [-0.25, -0.2) is 0 Å². The van der Waals surface area contributed by atoms with Gasteiger partial charge >= 0.3 is 0 Å². The number of rotatable bonds is 3. The molecule has 1 fully saturated rings. The molecule has 0 bridgehead atoms. The highest BCUT2D eigenvalue weighted by Crippen LogP contribution is 2.28. The molecule has 1 aromatic rings. The van der Waals surface area contributed by atoms with Gasteiger partial charge in [-0.2, -0.15) is 0 Å². The molecule has 2 heteroatoms. The lowest BCUT2D eigenvalue weighted by Crippen LogP contribution is -2.46. The van der Waals surface area contributed by atoms with E-state index < -0.39 is 0 Å². The quantitative estimate of drug-likeness (QED) is 0.795. The van der Waals surface area contributed by atoms with E-state index in [1.165, 1.54) is 5.56 Å². The Kier molecular flexibility index (Phi) is 4.19. The summed E-state index contributed by atoms with van der Waals surface area (Å²) >= 11 is 0. The number of ether oxygens (including phenoxy) is 1. The minimum atomic E-state index is 0.419. The molecule has 0 aromatic heterocycles. The summed E-state index contributed by atoms with van der Waals surface area (Å²) in [5.41, 5.74) is 1.37. The predicted molar refractivity (Wildman–Crippen MR) is 71.0 cm³/mol. The Bertz CT molecular complexity index is 336. The standard InChI is InChI=1S/C15H23NO/c1-12(2)13(3)16-9-10-17-11-15(16)14-7-5-4-6-8-14/h4-8,12-13,15H,9-11H2,1-3H3/t13?,15-/m0/s1. The SMILES string of the molecule is CC(C)C(C)N1CCOC[C@H]1c1ccccc1. The van der Waals surface area contributed by atoms with Crippen LogP contribution in [0.15, 0.2) is 30.3 Å². The van der Waals surface area contributed by atoms with Crippen LogP contribution in [0, 0.1) is 5.92 Å². The summed E-state index contributed by atoms with van der Waals surface area (Å²) in [6.45, 7) is 9.64. The molecule has 1 saturated heterocycles. The van der Waals surface area contributed by atoms with Gasteiger partial charge in [0, 0.05) is 12.6 Å². The molecule has 2 atom stereocenters. The zero-order valence-electron chi connectivity index (χ0n) is 11.1. The van der Waals surface area contributed by atoms with Crippen LogP contribution >= 0.6 is 0 Å². The van der Waals surface area contributed by atoms with Crippen molar-refractivity contribution in [1.29, 1.82) is 0 Å². The number of benzene rings is 1. The van der Waals surface area contributed by atoms with Crippen molar-refractivity contribution in [1.82, 2.24) is 4.90 Å². The third kappa shape index (κ3) is 2.88. The van der Waals surface area contributed by atoms with Crippen LogP contribution < -0.4 is 0 Å². The maximum atomic E-state index is 5.65. The van der Waals surface area contributed by atoms with Crippen LogP contribution in [0.5, 0.6) is 0 Å². The Balaban J connectivity index is 2.18. The first-order valence-corrected chi connectivity index (χ1v) is 6.58. The Labute approximate surface area is 105 Å². The molecular formula is C15H23NO. The van der Waals surface area contributed by atoms with E-state index in [4.69, 9.17) is 4.74 Å². The van der Waals surface area contributed by atoms with Crippen molar-refractivity contribution in [3.63, 3.8) is 0 Å². The van der Waals surface area contributed by atoms with E-state index in [1.54, 1.807) is 0 Å². The smallest absolute Gasteiger partial charge is 0.0664 e. The Morgan fingerprint density at radius 2 is 1.88 bits per heavy atom. The van der Waals surface area contributed by atoms with E-state index >= 15 is 0 Å². The molecule has 1 aliphatic rings. The highest BCUT2D eigenvalue weighted by Gasteiger charge is 2.29. The maximum absolute atomic E-state index is 5.65. The topological polar surface area (TPSA) is 12.5 Å². The van der Waals surface area contributed by atoms with Gasteiger partial charge in [0.05, 0.1) is 19.3 Å². The summed E-state index contributed by atoms with van der Waals surface area (Å²) in [5, 5.41) is 0. The van der Waals surface area contributed by atoms with Gasteiger partial charge in [-0.15, -0.1) is 0 Å². The number of morpholine rings is 1. The lowest BCUT2D eigenvalue weighted by molar-refractivity contribution is -0.0354. The van der Waals surface area contributed by atoms with Crippen LogP contribution in [0.2, 0.25) is 0 Å². The molecule has 0 radical (unpaired) electrons. The zero-order chi connectivity index (χ0) is 12.3. The second-order valence-corrected chi connectivity index (χ2v) is 5.22. The summed E-state index contributed by atoms with van der Waals surface area (Å²) in [4.78, 5) is 2.59. The third-order valence-corrected chi connectivity index (χ3v) is 3.84. The summed E-state index contributed by atoms with van der Waals surface area (Å²) < 4.78 is 5.65. The van der Waals surface area contributed by atoms with Crippen molar-refractivity contribution in [2.24, 2.45) is 5.92 Å². The van der Waals surface area contributed by atoms with Crippen molar-refractivity contribution in [2.75, 3.05) is 19.8 Å². The molecule has 2 nitrogen and oxygen atoms in total. The van der Waals surface area contributed by atoms with Crippen molar-refractivity contribution < 1.29 is 4.74 Å². The van der Waals surface area contributed by atoms with Gasteiger partial charge in [-0.05, 0) is 18.4 Å². The fraction of sp³-hybridized carbons (Fsp3) is 0.600. The van der Waals surface area contributed by atoms with Crippen molar-refractivity contribution in [3.8, 4) is 0 Å². The highest BCUT2D eigenvalue weighted by molar-refractivity contribution is 5.19. The first kappa shape index (κ1) is 12.6. The van der Waals surface area contributed by atoms with E-state index in [-0.39, 0.29) is 0 Å². The summed E-state index contributed by atoms with van der Waals surface area (Å²) in [5.74, 6) is 0.680.